The monoisotopic (exact) mass is 819 g/mol. The number of allylic oxidation sites excluding steroid dienone is 2. The molecule has 58 heavy (non-hydrogen) atoms. The molecule has 0 fully saturated rings. The molecule has 0 aromatic rings. The lowest BCUT2D eigenvalue weighted by Crippen LogP contribution is -2.30. The first-order valence-electron chi connectivity index (χ1n) is 25.7. The summed E-state index contributed by atoms with van der Waals surface area (Å²) in [5.74, 6) is -0.872. The summed E-state index contributed by atoms with van der Waals surface area (Å²) < 4.78 is 16.8. The number of hydrogen-bond donors (Lipinski definition) is 0. The molecule has 6 nitrogen and oxygen atoms in total. The summed E-state index contributed by atoms with van der Waals surface area (Å²) in [5, 5.41) is 0. The Labute approximate surface area is 360 Å². The summed E-state index contributed by atoms with van der Waals surface area (Å²) in [5.41, 5.74) is 0. The number of carbonyl (C=O) groups is 3. The molecule has 1 unspecified atom stereocenters. The average molecular weight is 819 g/mol. The first-order valence-corrected chi connectivity index (χ1v) is 25.7. The van der Waals surface area contributed by atoms with Crippen molar-refractivity contribution in [3.8, 4) is 0 Å². The van der Waals surface area contributed by atoms with Crippen molar-refractivity contribution in [1.82, 2.24) is 0 Å². The maximum atomic E-state index is 12.7. The van der Waals surface area contributed by atoms with Gasteiger partial charge in [0.05, 0.1) is 0 Å². The molecule has 1 atom stereocenters. The predicted molar refractivity (Wildman–Crippen MR) is 247 cm³/mol. The van der Waals surface area contributed by atoms with Crippen LogP contribution in [0.15, 0.2) is 12.2 Å². The maximum Gasteiger partial charge on any atom is 0.306 e. The van der Waals surface area contributed by atoms with E-state index in [1.807, 2.05) is 0 Å². The zero-order chi connectivity index (χ0) is 42.3. The number of unbranched alkanes of at least 4 members (excludes halogenated alkanes) is 34. The minimum absolute atomic E-state index is 0.0709. The molecular weight excluding hydrogens is 721 g/mol. The highest BCUT2D eigenvalue weighted by Crippen LogP contribution is 2.16. The molecule has 0 aliphatic carbocycles. The van der Waals surface area contributed by atoms with Gasteiger partial charge in [-0.3, -0.25) is 14.4 Å². The van der Waals surface area contributed by atoms with Crippen molar-refractivity contribution in [2.24, 2.45) is 0 Å². The Balaban J connectivity index is 4.32. The lowest BCUT2D eigenvalue weighted by atomic mass is 10.0. The second-order valence-electron chi connectivity index (χ2n) is 17.4. The van der Waals surface area contributed by atoms with Crippen molar-refractivity contribution in [2.45, 2.75) is 290 Å². The topological polar surface area (TPSA) is 78.9 Å². The number of hydrogen-bond acceptors (Lipinski definition) is 6. The van der Waals surface area contributed by atoms with Crippen molar-refractivity contribution in [3.63, 3.8) is 0 Å². The zero-order valence-corrected chi connectivity index (χ0v) is 39.1. The predicted octanol–water partition coefficient (Wildman–Crippen LogP) is 16.6. The zero-order valence-electron chi connectivity index (χ0n) is 39.1. The van der Waals surface area contributed by atoms with Crippen LogP contribution < -0.4 is 0 Å². The van der Waals surface area contributed by atoms with Gasteiger partial charge in [0.2, 0.25) is 0 Å². The Hall–Kier alpha value is -1.85. The van der Waals surface area contributed by atoms with Crippen molar-refractivity contribution in [3.05, 3.63) is 12.2 Å². The highest BCUT2D eigenvalue weighted by molar-refractivity contribution is 5.71. The van der Waals surface area contributed by atoms with Crippen LogP contribution in [-0.2, 0) is 28.6 Å². The highest BCUT2D eigenvalue weighted by Gasteiger charge is 2.19. The van der Waals surface area contributed by atoms with Crippen LogP contribution in [0.25, 0.3) is 0 Å². The van der Waals surface area contributed by atoms with Crippen molar-refractivity contribution < 1.29 is 28.6 Å². The summed E-state index contributed by atoms with van der Waals surface area (Å²) in [4.78, 5) is 37.9. The van der Waals surface area contributed by atoms with Gasteiger partial charge in [-0.25, -0.2) is 0 Å². The van der Waals surface area contributed by atoms with Gasteiger partial charge in [-0.2, -0.15) is 0 Å². The number of ether oxygens (including phenoxy) is 3. The number of rotatable bonds is 47. The van der Waals surface area contributed by atoms with Gasteiger partial charge in [0.1, 0.15) is 13.2 Å². The summed E-state index contributed by atoms with van der Waals surface area (Å²) in [6.07, 6.45) is 51.9. The molecule has 0 saturated heterocycles. The first-order chi connectivity index (χ1) is 28.5. The Morgan fingerprint density at radius 3 is 0.879 bits per heavy atom. The smallest absolute Gasteiger partial charge is 0.306 e. The third-order valence-electron chi connectivity index (χ3n) is 11.5. The van der Waals surface area contributed by atoms with Crippen LogP contribution in [-0.4, -0.2) is 37.2 Å². The van der Waals surface area contributed by atoms with Crippen LogP contribution in [0, 0.1) is 0 Å². The van der Waals surface area contributed by atoms with Crippen LogP contribution in [0.3, 0.4) is 0 Å². The number of esters is 3. The van der Waals surface area contributed by atoms with E-state index in [1.54, 1.807) is 0 Å². The van der Waals surface area contributed by atoms with E-state index in [1.165, 1.54) is 173 Å². The molecule has 0 spiro atoms. The average Bonchev–Trinajstić information content (AvgIpc) is 3.22. The molecule has 0 aliphatic heterocycles. The fraction of sp³-hybridized carbons (Fsp3) is 0.904. The first kappa shape index (κ1) is 56.1. The molecule has 6 heteroatoms. The van der Waals surface area contributed by atoms with Crippen LogP contribution in [0.4, 0.5) is 0 Å². The van der Waals surface area contributed by atoms with Gasteiger partial charge >= 0.3 is 17.9 Å². The second-order valence-corrected chi connectivity index (χ2v) is 17.4. The molecule has 0 aromatic carbocycles. The molecule has 342 valence electrons. The molecule has 0 amide bonds. The third-order valence-corrected chi connectivity index (χ3v) is 11.5. The molecular formula is C52H98O6. The Morgan fingerprint density at radius 2 is 0.569 bits per heavy atom. The van der Waals surface area contributed by atoms with Gasteiger partial charge in [0, 0.05) is 19.3 Å². The van der Waals surface area contributed by atoms with Crippen LogP contribution in [0.5, 0.6) is 0 Å². The lowest BCUT2D eigenvalue weighted by Gasteiger charge is -2.18. The molecule has 0 saturated carbocycles. The molecule has 0 aromatic heterocycles. The minimum Gasteiger partial charge on any atom is -0.462 e. The van der Waals surface area contributed by atoms with Crippen molar-refractivity contribution in [1.29, 1.82) is 0 Å². The summed E-state index contributed by atoms with van der Waals surface area (Å²) in [7, 11) is 0. The SMILES string of the molecule is CCCCCCCC/C=C\CCCCCC(=O)OC(COC(=O)CCCCCCCCCCCCC)COC(=O)CCCCCCCCCCCCCCCCCC. The fourth-order valence-corrected chi connectivity index (χ4v) is 7.61. The molecule has 0 aliphatic rings. The van der Waals surface area contributed by atoms with Gasteiger partial charge < -0.3 is 14.2 Å². The summed E-state index contributed by atoms with van der Waals surface area (Å²) >= 11 is 0. The molecule has 0 bridgehead atoms. The maximum absolute atomic E-state index is 12.7. The van der Waals surface area contributed by atoms with E-state index >= 15 is 0 Å². The Kier molecular flexibility index (Phi) is 46.3. The van der Waals surface area contributed by atoms with Crippen LogP contribution in [0.2, 0.25) is 0 Å². The quantitative estimate of drug-likeness (QED) is 0.0263. The summed E-state index contributed by atoms with van der Waals surface area (Å²) in [6, 6.07) is 0. The van der Waals surface area contributed by atoms with E-state index in [9.17, 15) is 14.4 Å². The highest BCUT2D eigenvalue weighted by atomic mass is 16.6. The Bertz CT molecular complexity index is 900. The standard InChI is InChI=1S/C52H98O6/c1-4-7-10-13-16-19-22-24-25-26-28-30-33-36-39-42-45-51(54)57-48-49(47-56-50(53)44-41-38-35-32-29-21-18-15-12-9-6-3)58-52(55)46-43-40-37-34-31-27-23-20-17-14-11-8-5-2/h27,31,49H,4-26,28-30,32-48H2,1-3H3/b31-27-. The van der Waals surface area contributed by atoms with Gasteiger partial charge in [0.15, 0.2) is 6.10 Å². The third kappa shape index (κ3) is 45.2. The van der Waals surface area contributed by atoms with Gasteiger partial charge in [-0.1, -0.05) is 232 Å². The molecule has 0 heterocycles. The van der Waals surface area contributed by atoms with Gasteiger partial charge in [-0.15, -0.1) is 0 Å². The molecule has 0 rings (SSSR count). The second kappa shape index (κ2) is 47.8. The molecule has 0 radical (unpaired) electrons. The normalized spacial score (nSPS) is 12.0. The van der Waals surface area contributed by atoms with Gasteiger partial charge in [0.25, 0.3) is 0 Å². The van der Waals surface area contributed by atoms with Crippen molar-refractivity contribution in [2.75, 3.05) is 13.2 Å². The van der Waals surface area contributed by atoms with E-state index in [4.69, 9.17) is 14.2 Å². The van der Waals surface area contributed by atoms with Crippen molar-refractivity contribution >= 4 is 17.9 Å². The Morgan fingerprint density at radius 1 is 0.328 bits per heavy atom. The lowest BCUT2D eigenvalue weighted by molar-refractivity contribution is -0.167. The van der Waals surface area contributed by atoms with E-state index in [0.717, 1.165) is 70.6 Å². The summed E-state index contributed by atoms with van der Waals surface area (Å²) in [6.45, 7) is 6.64. The van der Waals surface area contributed by atoms with Gasteiger partial charge in [-0.05, 0) is 44.9 Å². The van der Waals surface area contributed by atoms with E-state index < -0.39 is 6.10 Å². The van der Waals surface area contributed by atoms with E-state index in [0.29, 0.717) is 19.3 Å². The van der Waals surface area contributed by atoms with Crippen LogP contribution in [0.1, 0.15) is 284 Å². The van der Waals surface area contributed by atoms with Crippen LogP contribution >= 0.6 is 0 Å². The largest absolute Gasteiger partial charge is 0.462 e. The van der Waals surface area contributed by atoms with E-state index in [2.05, 4.69) is 32.9 Å². The minimum atomic E-state index is -0.770. The molecule has 0 N–H and O–H groups in total. The van der Waals surface area contributed by atoms with E-state index in [-0.39, 0.29) is 31.1 Å². The number of carbonyl (C=O) groups excluding carboxylic acids is 3. The fourth-order valence-electron chi connectivity index (χ4n) is 7.61.